The molecule has 15 heavy (non-hydrogen) atoms. The molecule has 0 aromatic carbocycles. The van der Waals surface area contributed by atoms with Gasteiger partial charge < -0.3 is 5.32 Å². The number of thioether (sulfide) groups is 1. The van der Waals surface area contributed by atoms with Crippen LogP contribution in [0, 0.1) is 11.3 Å². The van der Waals surface area contributed by atoms with E-state index in [9.17, 15) is 0 Å². The van der Waals surface area contributed by atoms with Crippen LogP contribution in [0.5, 0.6) is 0 Å². The van der Waals surface area contributed by atoms with E-state index in [2.05, 4.69) is 24.4 Å². The first kappa shape index (κ1) is 11.7. The standard InChI is InChI=1S/C11H13BN2S/c1-8-3-4-9(2)15-11(12)5-10(6-13)7-14-8/h3-5,7,14H,12H2,1-2H3/b8-3-,9-4-,10-7-,11-5-. The summed E-state index contributed by atoms with van der Waals surface area (Å²) in [4.78, 5) is 2.33. The maximum Gasteiger partial charge on any atom is 0.148 e. The van der Waals surface area contributed by atoms with Crippen molar-refractivity contribution >= 4 is 19.6 Å². The molecular formula is C11H13BN2S. The summed E-state index contributed by atoms with van der Waals surface area (Å²) in [5, 5.41) is 12.0. The van der Waals surface area contributed by atoms with Crippen molar-refractivity contribution in [1.29, 1.82) is 5.26 Å². The van der Waals surface area contributed by atoms with Crippen LogP contribution in [0.25, 0.3) is 0 Å². The summed E-state index contributed by atoms with van der Waals surface area (Å²) in [6.07, 6.45) is 7.68. The van der Waals surface area contributed by atoms with Crippen molar-refractivity contribution in [2.45, 2.75) is 13.8 Å². The molecule has 4 heteroatoms. The lowest BCUT2D eigenvalue weighted by Gasteiger charge is -2.05. The zero-order valence-corrected chi connectivity index (χ0v) is 9.98. The number of nitriles is 1. The highest BCUT2D eigenvalue weighted by Gasteiger charge is 1.98. The number of hydrogen-bond donors (Lipinski definition) is 1. The van der Waals surface area contributed by atoms with E-state index in [0.29, 0.717) is 5.57 Å². The summed E-state index contributed by atoms with van der Waals surface area (Å²) in [5.41, 5.74) is 1.66. The number of rotatable bonds is 0. The monoisotopic (exact) mass is 216 g/mol. The molecular weight excluding hydrogens is 203 g/mol. The van der Waals surface area contributed by atoms with Gasteiger partial charge in [-0.25, -0.2) is 0 Å². The molecule has 1 heterocycles. The van der Waals surface area contributed by atoms with E-state index in [0.717, 1.165) is 10.5 Å². The molecule has 0 radical (unpaired) electrons. The number of allylic oxidation sites excluding steroid dienone is 6. The van der Waals surface area contributed by atoms with Gasteiger partial charge in [0.05, 0.1) is 5.57 Å². The molecule has 0 aromatic heterocycles. The minimum Gasteiger partial charge on any atom is -0.364 e. The maximum atomic E-state index is 8.89. The third-order valence-electron chi connectivity index (χ3n) is 1.83. The molecule has 0 amide bonds. The first-order valence-corrected chi connectivity index (χ1v) is 5.51. The number of nitrogens with one attached hydrogen (secondary N) is 1. The van der Waals surface area contributed by atoms with Gasteiger partial charge >= 0.3 is 0 Å². The largest absolute Gasteiger partial charge is 0.364 e. The highest BCUT2D eigenvalue weighted by atomic mass is 32.2. The molecule has 0 aliphatic carbocycles. The number of nitrogens with zero attached hydrogens (tertiary/aromatic N) is 1. The van der Waals surface area contributed by atoms with Crippen molar-refractivity contribution in [3.8, 4) is 6.07 Å². The van der Waals surface area contributed by atoms with E-state index in [1.165, 1.54) is 4.91 Å². The van der Waals surface area contributed by atoms with Gasteiger partial charge in [-0.15, -0.1) is 11.8 Å². The Kier molecular flexibility index (Phi) is 4.32. The van der Waals surface area contributed by atoms with Gasteiger partial charge in [0.2, 0.25) is 0 Å². The lowest BCUT2D eigenvalue weighted by atomic mass is 10.1. The molecule has 0 fully saturated rings. The van der Waals surface area contributed by atoms with Gasteiger partial charge in [-0.05, 0) is 30.9 Å². The van der Waals surface area contributed by atoms with E-state index >= 15 is 0 Å². The predicted molar refractivity (Wildman–Crippen MR) is 68.6 cm³/mol. The fourth-order valence-corrected chi connectivity index (χ4v) is 1.95. The smallest absolute Gasteiger partial charge is 0.148 e. The molecule has 0 bridgehead atoms. The SMILES string of the molecule is B/C1=C/C(C#N)=C/N/C(C)=C\C=C(\C)S1. The van der Waals surface area contributed by atoms with Gasteiger partial charge in [0.25, 0.3) is 0 Å². The van der Waals surface area contributed by atoms with E-state index < -0.39 is 0 Å². The summed E-state index contributed by atoms with van der Waals surface area (Å²) >= 11 is 1.68. The van der Waals surface area contributed by atoms with Crippen molar-refractivity contribution in [3.63, 3.8) is 0 Å². The molecule has 0 atom stereocenters. The predicted octanol–water partition coefficient (Wildman–Crippen LogP) is 2.01. The normalized spacial score (nSPS) is 31.3. The molecule has 76 valence electrons. The summed E-state index contributed by atoms with van der Waals surface area (Å²) in [5.74, 6) is 0. The van der Waals surface area contributed by atoms with Gasteiger partial charge in [0.1, 0.15) is 13.9 Å². The molecule has 0 saturated heterocycles. The van der Waals surface area contributed by atoms with Crippen LogP contribution in [0.4, 0.5) is 0 Å². The minimum absolute atomic E-state index is 0.641. The van der Waals surface area contributed by atoms with Crippen molar-refractivity contribution in [3.05, 3.63) is 45.4 Å². The fourth-order valence-electron chi connectivity index (χ4n) is 1.12. The van der Waals surface area contributed by atoms with Crippen LogP contribution in [0.15, 0.2) is 45.4 Å². The second-order valence-corrected chi connectivity index (χ2v) is 4.83. The average molecular weight is 216 g/mol. The van der Waals surface area contributed by atoms with Crippen molar-refractivity contribution in [1.82, 2.24) is 5.32 Å². The van der Waals surface area contributed by atoms with E-state index in [4.69, 9.17) is 5.26 Å². The summed E-state index contributed by atoms with van der Waals surface area (Å²) in [6, 6.07) is 2.15. The lowest BCUT2D eigenvalue weighted by Crippen LogP contribution is -2.02. The molecule has 1 N–H and O–H groups in total. The highest BCUT2D eigenvalue weighted by Crippen LogP contribution is 2.23. The summed E-state index contributed by atoms with van der Waals surface area (Å²) in [7, 11) is 2.01. The van der Waals surface area contributed by atoms with E-state index in [1.54, 1.807) is 18.0 Å². The Bertz CT molecular complexity index is 411. The maximum absolute atomic E-state index is 8.89. The van der Waals surface area contributed by atoms with Crippen molar-refractivity contribution < 1.29 is 0 Å². The topological polar surface area (TPSA) is 35.8 Å². The third kappa shape index (κ3) is 4.13. The molecule has 1 aliphatic heterocycles. The Morgan fingerprint density at radius 1 is 1.40 bits per heavy atom. The second-order valence-electron chi connectivity index (χ2n) is 3.34. The fraction of sp³-hybridized carbons (Fsp3) is 0.182. The molecule has 0 spiro atoms. The molecule has 0 saturated carbocycles. The van der Waals surface area contributed by atoms with Crippen LogP contribution in [-0.2, 0) is 0 Å². The van der Waals surface area contributed by atoms with Crippen LogP contribution in [-0.4, -0.2) is 7.85 Å². The van der Waals surface area contributed by atoms with Crippen molar-refractivity contribution in [2.75, 3.05) is 0 Å². The Morgan fingerprint density at radius 3 is 2.80 bits per heavy atom. The minimum atomic E-state index is 0.641. The van der Waals surface area contributed by atoms with E-state index in [-0.39, 0.29) is 0 Å². The van der Waals surface area contributed by atoms with Crippen LogP contribution >= 0.6 is 11.8 Å². The molecule has 2 nitrogen and oxygen atoms in total. The van der Waals surface area contributed by atoms with Crippen molar-refractivity contribution in [2.24, 2.45) is 0 Å². The Morgan fingerprint density at radius 2 is 2.13 bits per heavy atom. The zero-order valence-electron chi connectivity index (χ0n) is 9.16. The molecule has 0 unspecified atom stereocenters. The van der Waals surface area contributed by atoms with Gasteiger partial charge in [-0.2, -0.15) is 5.26 Å². The number of hydrogen-bond acceptors (Lipinski definition) is 3. The summed E-state index contributed by atoms with van der Waals surface area (Å²) in [6.45, 7) is 4.03. The van der Waals surface area contributed by atoms with Gasteiger partial charge in [0, 0.05) is 11.9 Å². The van der Waals surface area contributed by atoms with Gasteiger partial charge in [-0.1, -0.05) is 10.9 Å². The van der Waals surface area contributed by atoms with Crippen LogP contribution in [0.3, 0.4) is 0 Å². The molecule has 1 rings (SSSR count). The molecule has 0 aromatic rings. The third-order valence-corrected chi connectivity index (χ3v) is 2.73. The van der Waals surface area contributed by atoms with Crippen LogP contribution in [0.2, 0.25) is 0 Å². The van der Waals surface area contributed by atoms with Crippen LogP contribution in [0.1, 0.15) is 13.8 Å². The first-order chi connectivity index (χ1) is 7.11. The van der Waals surface area contributed by atoms with Gasteiger partial charge in [-0.3, -0.25) is 0 Å². The Labute approximate surface area is 95.8 Å². The first-order valence-electron chi connectivity index (χ1n) is 4.70. The highest BCUT2D eigenvalue weighted by molar-refractivity contribution is 8.08. The average Bonchev–Trinajstić information content (AvgIpc) is 2.20. The zero-order chi connectivity index (χ0) is 11.3. The quantitative estimate of drug-likeness (QED) is 0.629. The lowest BCUT2D eigenvalue weighted by molar-refractivity contribution is 1.05. The Balaban J connectivity index is 3.03. The summed E-state index contributed by atoms with van der Waals surface area (Å²) < 4.78 is 0. The molecule has 1 aliphatic rings. The van der Waals surface area contributed by atoms with E-state index in [1.807, 2.05) is 26.9 Å². The Hall–Kier alpha value is -1.34. The second kappa shape index (κ2) is 5.52. The van der Waals surface area contributed by atoms with Crippen LogP contribution < -0.4 is 5.32 Å². The van der Waals surface area contributed by atoms with Gasteiger partial charge in [0.15, 0.2) is 0 Å².